The molecule has 2 aliphatic carbocycles. The highest BCUT2D eigenvalue weighted by atomic mass is 35.5. The summed E-state index contributed by atoms with van der Waals surface area (Å²) in [6.45, 7) is 0. The monoisotopic (exact) mass is 434 g/mol. The Balaban J connectivity index is 1.79. The van der Waals surface area contributed by atoms with Gasteiger partial charge in [-0.1, -0.05) is 29.3 Å². The van der Waals surface area contributed by atoms with Crippen LogP contribution >= 0.6 is 23.2 Å². The van der Waals surface area contributed by atoms with Crippen molar-refractivity contribution in [1.29, 1.82) is 0 Å². The third-order valence-corrected chi connectivity index (χ3v) is 7.96. The number of carbonyl (C=O) groups excluding carboxylic acids is 1. The van der Waals surface area contributed by atoms with Crippen molar-refractivity contribution in [3.63, 3.8) is 0 Å². The van der Waals surface area contributed by atoms with Crippen LogP contribution < -0.4 is 10.6 Å². The summed E-state index contributed by atoms with van der Waals surface area (Å²) in [5.74, 6) is -0.577. The van der Waals surface area contributed by atoms with Crippen molar-refractivity contribution >= 4 is 44.8 Å². The largest absolute Gasteiger partial charge is 0.504 e. The standard InChI is InChI=1S/C17H20Cl2N2O5S/c1-26-9-7-10(8-9)27(24,25)16-12(19)5-6-14(15(16)22)21-17(23)20-13-4-2-3-11(13)18/h3,5-6,9-10,13,22H,2,4,7-8H2,1H3,(H2,20,21,23)/t9-,10+,13?. The molecule has 0 saturated heterocycles. The number of methoxy groups -OCH3 is 1. The van der Waals surface area contributed by atoms with Gasteiger partial charge in [0.1, 0.15) is 4.90 Å². The summed E-state index contributed by atoms with van der Waals surface area (Å²) in [4.78, 5) is 11.8. The SMILES string of the molecule is CO[C@H]1C[C@@H](S(=O)(=O)c2c(Cl)ccc(NC(=O)NC3CCC=C3Cl)c2O)C1. The van der Waals surface area contributed by atoms with Gasteiger partial charge in [0, 0.05) is 12.1 Å². The van der Waals surface area contributed by atoms with Gasteiger partial charge < -0.3 is 20.5 Å². The number of phenols is 1. The van der Waals surface area contributed by atoms with Gasteiger partial charge in [0.05, 0.1) is 28.1 Å². The molecular formula is C17H20Cl2N2O5S. The Bertz CT molecular complexity index is 882. The third kappa shape index (κ3) is 4.03. The first-order valence-corrected chi connectivity index (χ1v) is 10.8. The molecule has 7 nitrogen and oxygen atoms in total. The van der Waals surface area contributed by atoms with Crippen LogP contribution in [0.25, 0.3) is 0 Å². The summed E-state index contributed by atoms with van der Waals surface area (Å²) < 4.78 is 30.8. The number of hydrogen-bond acceptors (Lipinski definition) is 5. The van der Waals surface area contributed by atoms with Gasteiger partial charge in [0.25, 0.3) is 0 Å². The zero-order chi connectivity index (χ0) is 19.8. The Morgan fingerprint density at radius 2 is 2.00 bits per heavy atom. The van der Waals surface area contributed by atoms with Crippen molar-refractivity contribution in [2.45, 2.75) is 48.0 Å². The molecule has 1 aromatic carbocycles. The van der Waals surface area contributed by atoms with Crippen LogP contribution in [0.15, 0.2) is 28.1 Å². The van der Waals surface area contributed by atoms with Crippen LogP contribution in [0, 0.1) is 0 Å². The minimum atomic E-state index is -3.86. The fraction of sp³-hybridized carbons (Fsp3) is 0.471. The number of rotatable bonds is 5. The van der Waals surface area contributed by atoms with Gasteiger partial charge in [-0.3, -0.25) is 0 Å². The molecule has 1 atom stereocenters. The molecule has 0 spiro atoms. The predicted octanol–water partition coefficient (Wildman–Crippen LogP) is 3.40. The highest BCUT2D eigenvalue weighted by molar-refractivity contribution is 7.92. The Hall–Kier alpha value is -1.48. The normalized spacial score (nSPS) is 24.9. The number of hydrogen-bond donors (Lipinski definition) is 3. The van der Waals surface area contributed by atoms with E-state index in [2.05, 4.69) is 10.6 Å². The lowest BCUT2D eigenvalue weighted by molar-refractivity contribution is 0.0436. The number of sulfone groups is 1. The van der Waals surface area contributed by atoms with Crippen LogP contribution in [0.5, 0.6) is 5.75 Å². The number of ether oxygens (including phenoxy) is 1. The predicted molar refractivity (Wildman–Crippen MR) is 103 cm³/mol. The van der Waals surface area contributed by atoms with Gasteiger partial charge >= 0.3 is 6.03 Å². The van der Waals surface area contributed by atoms with E-state index in [4.69, 9.17) is 27.9 Å². The van der Waals surface area contributed by atoms with Crippen LogP contribution in [0.2, 0.25) is 5.02 Å². The zero-order valence-electron chi connectivity index (χ0n) is 14.5. The quantitative estimate of drug-likeness (QED) is 0.615. The number of nitrogens with one attached hydrogen (secondary N) is 2. The molecule has 0 aliphatic heterocycles. The molecule has 1 saturated carbocycles. The Labute approximate surface area is 167 Å². The Morgan fingerprint density at radius 1 is 1.30 bits per heavy atom. The second kappa shape index (κ2) is 7.87. The minimum absolute atomic E-state index is 0.0452. The number of amides is 2. The van der Waals surface area contributed by atoms with Crippen molar-refractivity contribution in [1.82, 2.24) is 5.32 Å². The first kappa shape index (κ1) is 20.3. The maximum atomic E-state index is 12.8. The topological polar surface area (TPSA) is 105 Å². The number of phenolic OH excluding ortho intramolecular Hbond substituents is 1. The number of aromatic hydroxyl groups is 1. The van der Waals surface area contributed by atoms with Crippen molar-refractivity contribution < 1.29 is 23.1 Å². The summed E-state index contributed by atoms with van der Waals surface area (Å²) in [5, 5.41) is 15.4. The van der Waals surface area contributed by atoms with E-state index in [-0.39, 0.29) is 27.8 Å². The third-order valence-electron chi connectivity index (χ3n) is 4.87. The minimum Gasteiger partial charge on any atom is -0.504 e. The molecule has 1 aromatic rings. The van der Waals surface area contributed by atoms with Crippen molar-refractivity contribution in [3.05, 3.63) is 28.3 Å². The van der Waals surface area contributed by atoms with Gasteiger partial charge in [-0.05, 0) is 37.8 Å². The van der Waals surface area contributed by atoms with Crippen LogP contribution in [0.1, 0.15) is 25.7 Å². The van der Waals surface area contributed by atoms with Crippen molar-refractivity contribution in [2.24, 2.45) is 0 Å². The van der Waals surface area contributed by atoms with Crippen LogP contribution in [-0.4, -0.2) is 44.1 Å². The maximum absolute atomic E-state index is 12.8. The lowest BCUT2D eigenvalue weighted by Crippen LogP contribution is -2.40. The number of carbonyl (C=O) groups is 1. The van der Waals surface area contributed by atoms with Gasteiger partial charge in [-0.25, -0.2) is 13.2 Å². The number of halogens is 2. The molecule has 27 heavy (non-hydrogen) atoms. The van der Waals surface area contributed by atoms with Gasteiger partial charge in [-0.15, -0.1) is 0 Å². The van der Waals surface area contributed by atoms with Gasteiger partial charge in [0.2, 0.25) is 0 Å². The molecule has 148 valence electrons. The molecule has 2 amide bonds. The molecule has 2 aliphatic rings. The molecule has 0 heterocycles. The second-order valence-electron chi connectivity index (χ2n) is 6.59. The van der Waals surface area contributed by atoms with E-state index in [0.29, 0.717) is 24.3 Å². The van der Waals surface area contributed by atoms with E-state index in [1.165, 1.54) is 19.2 Å². The summed E-state index contributed by atoms with van der Waals surface area (Å²) in [6.07, 6.45) is 3.81. The maximum Gasteiger partial charge on any atom is 0.319 e. The molecular weight excluding hydrogens is 415 g/mol. The van der Waals surface area contributed by atoms with Crippen LogP contribution in [0.4, 0.5) is 10.5 Å². The first-order valence-electron chi connectivity index (χ1n) is 8.45. The Kier molecular flexibility index (Phi) is 5.90. The van der Waals surface area contributed by atoms with Crippen molar-refractivity contribution in [2.75, 3.05) is 12.4 Å². The van der Waals surface area contributed by atoms with Crippen LogP contribution in [-0.2, 0) is 14.6 Å². The summed E-state index contributed by atoms with van der Waals surface area (Å²) in [5.41, 5.74) is -0.0452. The summed E-state index contributed by atoms with van der Waals surface area (Å²) in [7, 11) is -2.34. The molecule has 1 fully saturated rings. The molecule has 0 bridgehead atoms. The van der Waals surface area contributed by atoms with Gasteiger partial charge in [-0.2, -0.15) is 0 Å². The average molecular weight is 435 g/mol. The smallest absolute Gasteiger partial charge is 0.319 e. The fourth-order valence-corrected chi connectivity index (χ4v) is 5.91. The lowest BCUT2D eigenvalue weighted by atomic mass is 9.95. The molecule has 0 radical (unpaired) electrons. The van der Waals surface area contributed by atoms with E-state index in [1.807, 2.05) is 6.08 Å². The summed E-state index contributed by atoms with van der Waals surface area (Å²) >= 11 is 12.1. The molecule has 10 heteroatoms. The number of anilines is 1. The highest BCUT2D eigenvalue weighted by Crippen LogP contribution is 2.42. The van der Waals surface area contributed by atoms with Crippen molar-refractivity contribution in [3.8, 4) is 5.75 Å². The zero-order valence-corrected chi connectivity index (χ0v) is 16.9. The number of benzene rings is 1. The second-order valence-corrected chi connectivity index (χ2v) is 9.59. The van der Waals surface area contributed by atoms with E-state index in [9.17, 15) is 18.3 Å². The Morgan fingerprint density at radius 3 is 2.59 bits per heavy atom. The molecule has 1 unspecified atom stereocenters. The van der Waals surface area contributed by atoms with E-state index >= 15 is 0 Å². The molecule has 3 N–H and O–H groups in total. The van der Waals surface area contributed by atoms with E-state index < -0.39 is 26.9 Å². The van der Waals surface area contributed by atoms with Crippen LogP contribution in [0.3, 0.4) is 0 Å². The van der Waals surface area contributed by atoms with E-state index in [1.54, 1.807) is 0 Å². The van der Waals surface area contributed by atoms with Gasteiger partial charge in [0.15, 0.2) is 15.6 Å². The lowest BCUT2D eigenvalue weighted by Gasteiger charge is -2.33. The van der Waals surface area contributed by atoms with E-state index in [0.717, 1.165) is 6.42 Å². The first-order chi connectivity index (χ1) is 12.7. The number of urea groups is 1. The highest BCUT2D eigenvalue weighted by Gasteiger charge is 2.42. The fourth-order valence-electron chi connectivity index (χ4n) is 3.17. The summed E-state index contributed by atoms with van der Waals surface area (Å²) in [6, 6.07) is 1.78. The number of allylic oxidation sites excluding steroid dienone is 1. The average Bonchev–Trinajstić information content (AvgIpc) is 2.94. The molecule has 3 rings (SSSR count). The molecule has 0 aromatic heterocycles.